The van der Waals surface area contributed by atoms with E-state index in [0.29, 0.717) is 26.7 Å². The maximum atomic E-state index is 14.0. The number of benzene rings is 2. The minimum atomic E-state index is -4.73. The van der Waals surface area contributed by atoms with Gasteiger partial charge in [0, 0.05) is 23.4 Å². The third-order valence-electron chi connectivity index (χ3n) is 6.29. The van der Waals surface area contributed by atoms with Crippen LogP contribution in [-0.4, -0.2) is 30.3 Å². The number of hydrogen-bond acceptors (Lipinski definition) is 4. The van der Waals surface area contributed by atoms with Crippen molar-refractivity contribution in [3.8, 4) is 11.3 Å². The number of amides is 1. The zero-order valence-electron chi connectivity index (χ0n) is 20.9. The number of rotatable bonds is 5. The summed E-state index contributed by atoms with van der Waals surface area (Å²) in [6.45, 7) is 5.96. The first-order valence-electron chi connectivity index (χ1n) is 11.7. The van der Waals surface area contributed by atoms with Crippen LogP contribution in [0, 0.1) is 20.8 Å². The lowest BCUT2D eigenvalue weighted by Gasteiger charge is -2.11. The molecular formula is C27H21Cl2F3N6O. The maximum Gasteiger partial charge on any atom is 0.433 e. The van der Waals surface area contributed by atoms with Crippen molar-refractivity contribution in [3.05, 3.63) is 98.4 Å². The van der Waals surface area contributed by atoms with Crippen LogP contribution < -0.4 is 5.32 Å². The van der Waals surface area contributed by atoms with E-state index in [1.807, 2.05) is 26.0 Å². The van der Waals surface area contributed by atoms with Crippen LogP contribution in [0.5, 0.6) is 0 Å². The first-order valence-corrected chi connectivity index (χ1v) is 12.5. The van der Waals surface area contributed by atoms with E-state index in [-0.39, 0.29) is 22.9 Å². The Balaban J connectivity index is 1.44. The summed E-state index contributed by atoms with van der Waals surface area (Å²) in [4.78, 5) is 17.3. The van der Waals surface area contributed by atoms with Crippen LogP contribution in [0.25, 0.3) is 16.9 Å². The largest absolute Gasteiger partial charge is 0.433 e. The number of alkyl halides is 3. The SMILES string of the molecule is Cc1ccc(-c2cc(C(F)(F)F)n3nc(C(=O)Nc4cc(C)n(Cc5ccc(Cl)c(Cl)c5)n4)cc3n2)cc1C. The van der Waals surface area contributed by atoms with Gasteiger partial charge < -0.3 is 5.32 Å². The van der Waals surface area contributed by atoms with Crippen LogP contribution in [0.1, 0.15) is 38.6 Å². The first-order chi connectivity index (χ1) is 18.4. The molecule has 0 radical (unpaired) electrons. The molecule has 200 valence electrons. The molecule has 39 heavy (non-hydrogen) atoms. The molecule has 0 atom stereocenters. The Labute approximate surface area is 231 Å². The maximum absolute atomic E-state index is 14.0. The van der Waals surface area contributed by atoms with Crippen molar-refractivity contribution in [2.75, 3.05) is 5.32 Å². The molecule has 0 aliphatic rings. The van der Waals surface area contributed by atoms with Gasteiger partial charge in [0.25, 0.3) is 5.91 Å². The molecule has 0 saturated carbocycles. The van der Waals surface area contributed by atoms with Crippen LogP contribution in [0.15, 0.2) is 54.6 Å². The molecule has 7 nitrogen and oxygen atoms in total. The lowest BCUT2D eigenvalue weighted by molar-refractivity contribution is -0.142. The predicted molar refractivity (Wildman–Crippen MR) is 143 cm³/mol. The second-order valence-electron chi connectivity index (χ2n) is 9.15. The minimum Gasteiger partial charge on any atom is -0.304 e. The molecule has 0 unspecified atom stereocenters. The Kier molecular flexibility index (Phi) is 6.86. The third-order valence-corrected chi connectivity index (χ3v) is 7.03. The van der Waals surface area contributed by atoms with E-state index in [1.165, 1.54) is 6.07 Å². The lowest BCUT2D eigenvalue weighted by atomic mass is 10.0. The zero-order chi connectivity index (χ0) is 28.1. The van der Waals surface area contributed by atoms with Crippen molar-refractivity contribution in [1.82, 2.24) is 24.4 Å². The number of anilines is 1. The molecule has 2 aromatic carbocycles. The standard InChI is InChI=1S/C27H21Cl2F3N6O/c1-14-4-6-18(8-15(14)2)21-11-23(27(30,31)32)38-25(33-21)12-22(35-38)26(39)34-24-9-16(3)37(36-24)13-17-5-7-19(28)20(29)10-17/h4-12H,13H2,1-3H3,(H,34,36,39). The number of aromatic nitrogens is 5. The number of hydrogen-bond donors (Lipinski definition) is 1. The van der Waals surface area contributed by atoms with Gasteiger partial charge in [-0.1, -0.05) is 41.4 Å². The monoisotopic (exact) mass is 572 g/mol. The Bertz CT molecular complexity index is 1740. The highest BCUT2D eigenvalue weighted by Crippen LogP contribution is 2.33. The van der Waals surface area contributed by atoms with E-state index in [2.05, 4.69) is 20.5 Å². The number of nitrogens with one attached hydrogen (secondary N) is 1. The highest BCUT2D eigenvalue weighted by Gasteiger charge is 2.35. The number of carbonyl (C=O) groups is 1. The smallest absolute Gasteiger partial charge is 0.304 e. The van der Waals surface area contributed by atoms with Gasteiger partial charge in [-0.15, -0.1) is 0 Å². The van der Waals surface area contributed by atoms with Crippen molar-refractivity contribution < 1.29 is 18.0 Å². The number of fused-ring (bicyclic) bond motifs is 1. The molecule has 0 spiro atoms. The van der Waals surface area contributed by atoms with E-state index in [1.54, 1.807) is 41.9 Å². The second-order valence-corrected chi connectivity index (χ2v) is 9.97. The molecule has 1 amide bonds. The van der Waals surface area contributed by atoms with Gasteiger partial charge in [0.2, 0.25) is 0 Å². The summed E-state index contributed by atoms with van der Waals surface area (Å²) in [7, 11) is 0. The second kappa shape index (κ2) is 10.0. The summed E-state index contributed by atoms with van der Waals surface area (Å²) in [5, 5.41) is 11.7. The van der Waals surface area contributed by atoms with Crippen molar-refractivity contribution in [2.24, 2.45) is 0 Å². The van der Waals surface area contributed by atoms with Gasteiger partial charge in [-0.3, -0.25) is 9.48 Å². The van der Waals surface area contributed by atoms with Gasteiger partial charge in [-0.05, 0) is 61.7 Å². The van der Waals surface area contributed by atoms with Crippen molar-refractivity contribution in [3.63, 3.8) is 0 Å². The average Bonchev–Trinajstić information content (AvgIpc) is 3.45. The number of carbonyl (C=O) groups excluding carboxylic acids is 1. The van der Waals surface area contributed by atoms with Gasteiger partial charge in [-0.2, -0.15) is 23.4 Å². The topological polar surface area (TPSA) is 77.1 Å². The molecular weight excluding hydrogens is 552 g/mol. The van der Waals surface area contributed by atoms with E-state index < -0.39 is 17.8 Å². The van der Waals surface area contributed by atoms with E-state index >= 15 is 0 Å². The Hall–Kier alpha value is -3.89. The average molecular weight is 573 g/mol. The Morgan fingerprint density at radius 2 is 1.69 bits per heavy atom. The number of halogens is 5. The van der Waals surface area contributed by atoms with Crippen LogP contribution in [0.4, 0.5) is 19.0 Å². The van der Waals surface area contributed by atoms with Crippen LogP contribution >= 0.6 is 23.2 Å². The van der Waals surface area contributed by atoms with Gasteiger partial charge in [0.1, 0.15) is 0 Å². The summed E-state index contributed by atoms with van der Waals surface area (Å²) >= 11 is 12.1. The predicted octanol–water partition coefficient (Wildman–Crippen LogP) is 7.14. The minimum absolute atomic E-state index is 0.107. The van der Waals surface area contributed by atoms with Gasteiger partial charge in [-0.25, -0.2) is 9.50 Å². The molecule has 0 saturated heterocycles. The molecule has 5 rings (SSSR count). The summed E-state index contributed by atoms with van der Waals surface area (Å²) in [6, 6.07) is 14.3. The van der Waals surface area contributed by atoms with Crippen LogP contribution in [-0.2, 0) is 12.7 Å². The highest BCUT2D eigenvalue weighted by molar-refractivity contribution is 6.42. The quantitative estimate of drug-likeness (QED) is 0.243. The number of aryl methyl sites for hydroxylation is 3. The molecule has 3 aromatic heterocycles. The molecule has 5 aromatic rings. The summed E-state index contributed by atoms with van der Waals surface area (Å²) in [6.07, 6.45) is -4.73. The molecule has 1 N–H and O–H groups in total. The normalized spacial score (nSPS) is 11.8. The molecule has 0 aliphatic heterocycles. The van der Waals surface area contributed by atoms with Crippen molar-refractivity contribution >= 4 is 40.6 Å². The van der Waals surface area contributed by atoms with Crippen molar-refractivity contribution in [1.29, 1.82) is 0 Å². The highest BCUT2D eigenvalue weighted by atomic mass is 35.5. The fourth-order valence-corrected chi connectivity index (χ4v) is 4.38. The summed E-state index contributed by atoms with van der Waals surface area (Å²) < 4.78 is 44.2. The van der Waals surface area contributed by atoms with E-state index in [0.717, 1.165) is 28.5 Å². The summed E-state index contributed by atoms with van der Waals surface area (Å²) in [5.74, 6) is -0.505. The third kappa shape index (κ3) is 5.48. The van der Waals surface area contributed by atoms with Crippen LogP contribution in [0.2, 0.25) is 10.0 Å². The lowest BCUT2D eigenvalue weighted by Crippen LogP contribution is -2.16. The van der Waals surface area contributed by atoms with Crippen LogP contribution in [0.3, 0.4) is 0 Å². The van der Waals surface area contributed by atoms with Crippen molar-refractivity contribution in [2.45, 2.75) is 33.5 Å². The van der Waals surface area contributed by atoms with E-state index in [4.69, 9.17) is 23.2 Å². The van der Waals surface area contributed by atoms with Gasteiger partial charge in [0.05, 0.1) is 22.3 Å². The Morgan fingerprint density at radius 1 is 0.923 bits per heavy atom. The molecule has 0 bridgehead atoms. The molecule has 0 fully saturated rings. The molecule has 12 heteroatoms. The fraction of sp³-hybridized carbons (Fsp3) is 0.185. The molecule has 3 heterocycles. The molecule has 0 aliphatic carbocycles. The van der Waals surface area contributed by atoms with Gasteiger partial charge in [0.15, 0.2) is 22.9 Å². The fourth-order valence-electron chi connectivity index (χ4n) is 4.06. The summed E-state index contributed by atoms with van der Waals surface area (Å²) in [5.41, 5.74) is 2.79. The van der Waals surface area contributed by atoms with E-state index in [9.17, 15) is 18.0 Å². The zero-order valence-corrected chi connectivity index (χ0v) is 22.4. The first kappa shape index (κ1) is 26.7. The number of nitrogens with zero attached hydrogens (tertiary/aromatic N) is 5. The Morgan fingerprint density at radius 3 is 2.38 bits per heavy atom. The van der Waals surface area contributed by atoms with Gasteiger partial charge >= 0.3 is 6.18 Å².